The highest BCUT2D eigenvalue weighted by Crippen LogP contribution is 2.19. The Morgan fingerprint density at radius 2 is 0.771 bits per heavy atom. The first kappa shape index (κ1) is 56.7. The Kier molecular flexibility index (Phi) is 52.5. The molecule has 48 heavy (non-hydrogen) atoms. The van der Waals surface area contributed by atoms with Gasteiger partial charge in [-0.1, -0.05) is 115 Å². The van der Waals surface area contributed by atoms with Crippen molar-refractivity contribution in [2.75, 3.05) is 65.4 Å². The Hall–Kier alpha value is -0.620. The van der Waals surface area contributed by atoms with E-state index >= 15 is 0 Å². The Morgan fingerprint density at radius 1 is 0.458 bits per heavy atom. The number of rotatable bonds is 0. The molecule has 6 atom stereocenters. The van der Waals surface area contributed by atoms with Gasteiger partial charge in [-0.25, -0.2) is 26.3 Å². The molecule has 5 rings (SSSR count). The average Bonchev–Trinajstić information content (AvgIpc) is 3.87. The second-order valence-electron chi connectivity index (χ2n) is 12.8. The van der Waals surface area contributed by atoms with Crippen LogP contribution in [0.5, 0.6) is 0 Å². The molecular weight excluding hydrogens is 628 g/mol. The Labute approximate surface area is 295 Å². The fourth-order valence-electron chi connectivity index (χ4n) is 3.43. The van der Waals surface area contributed by atoms with E-state index < -0.39 is 30.6 Å². The molecule has 0 unspecified atom stereocenters. The maximum atomic E-state index is 12.3. The Morgan fingerprint density at radius 3 is 0.833 bits per heavy atom. The summed E-state index contributed by atoms with van der Waals surface area (Å²) < 4.78 is 72.0. The van der Waals surface area contributed by atoms with Gasteiger partial charge in [-0.3, -0.25) is 0 Å². The first-order chi connectivity index (χ1) is 22.7. The molecule has 5 nitrogen and oxygen atoms in total. The van der Waals surface area contributed by atoms with Crippen molar-refractivity contribution in [3.63, 3.8) is 0 Å². The van der Waals surface area contributed by atoms with Crippen LogP contribution in [0.1, 0.15) is 134 Å². The van der Waals surface area contributed by atoms with Crippen molar-refractivity contribution in [2.45, 2.75) is 165 Å². The summed E-state index contributed by atoms with van der Waals surface area (Å²) in [6.07, 6.45) is 5.35. The predicted molar refractivity (Wildman–Crippen MR) is 201 cm³/mol. The van der Waals surface area contributed by atoms with Crippen molar-refractivity contribution in [3.8, 4) is 0 Å². The summed E-state index contributed by atoms with van der Waals surface area (Å²) in [5, 5.41) is 14.2. The van der Waals surface area contributed by atoms with Crippen LogP contribution in [0.15, 0.2) is 0 Å². The molecule has 0 spiro atoms. The summed E-state index contributed by atoms with van der Waals surface area (Å²) in [5.74, 6) is -1.94. The van der Waals surface area contributed by atoms with Crippen LogP contribution in [-0.2, 0) is 0 Å². The van der Waals surface area contributed by atoms with Crippen LogP contribution in [0.4, 0.5) is 26.3 Å². The topological polar surface area (TPSA) is 60.1 Å². The largest absolute Gasteiger partial charge is 0.314 e. The van der Waals surface area contributed by atoms with E-state index in [-0.39, 0.29) is 24.8 Å². The summed E-state index contributed by atoms with van der Waals surface area (Å²) in [6.45, 7) is 31.1. The molecule has 0 saturated carbocycles. The lowest BCUT2D eigenvalue weighted by Crippen LogP contribution is -2.18. The minimum Gasteiger partial charge on any atom is -0.314 e. The van der Waals surface area contributed by atoms with Gasteiger partial charge in [0.25, 0.3) is 5.92 Å². The smallest absolute Gasteiger partial charge is 0.261 e. The monoisotopic (exact) mass is 712 g/mol. The molecule has 11 heteroatoms. The molecule has 0 aromatic carbocycles. The van der Waals surface area contributed by atoms with Gasteiger partial charge in [0.15, 0.2) is 0 Å². The molecule has 0 amide bonds. The summed E-state index contributed by atoms with van der Waals surface area (Å²) >= 11 is 0. The summed E-state index contributed by atoms with van der Waals surface area (Å²) in [6, 6.07) is 0. The Balaban J connectivity index is -0.000000146. The lowest BCUT2D eigenvalue weighted by atomic mass is 10.1. The van der Waals surface area contributed by atoms with E-state index in [1.165, 1.54) is 32.1 Å². The molecule has 0 aliphatic carbocycles. The van der Waals surface area contributed by atoms with Crippen LogP contribution < -0.4 is 26.6 Å². The summed E-state index contributed by atoms with van der Waals surface area (Å²) in [7, 11) is 0. The first-order valence-electron chi connectivity index (χ1n) is 19.2. The number of alkyl halides is 6. The predicted octanol–water partition coefficient (Wildman–Crippen LogP) is 9.46. The maximum Gasteiger partial charge on any atom is 0.261 e. The highest BCUT2D eigenvalue weighted by molar-refractivity contribution is 4.78. The van der Waals surface area contributed by atoms with Crippen molar-refractivity contribution in [1.29, 1.82) is 0 Å². The van der Waals surface area contributed by atoms with E-state index in [0.29, 0.717) is 45.6 Å². The van der Waals surface area contributed by atoms with Crippen LogP contribution in [-0.4, -0.2) is 96.1 Å². The zero-order valence-electron chi connectivity index (χ0n) is 33.5. The summed E-state index contributed by atoms with van der Waals surface area (Å²) in [5.41, 5.74) is 0. The number of halogens is 6. The zero-order valence-corrected chi connectivity index (χ0v) is 33.5. The fourth-order valence-corrected chi connectivity index (χ4v) is 3.43. The number of hydrogen-bond acceptors (Lipinski definition) is 5. The third-order valence-electron chi connectivity index (χ3n) is 5.90. The van der Waals surface area contributed by atoms with Crippen molar-refractivity contribution < 1.29 is 26.3 Å². The van der Waals surface area contributed by atoms with Crippen LogP contribution >= 0.6 is 0 Å². The molecule has 5 fully saturated rings. The van der Waals surface area contributed by atoms with Gasteiger partial charge in [0.2, 0.25) is 0 Å². The standard InChI is InChI=1S/2C5H10FN.C4H7F2N.2C4H8FN.5C3H8/c2*1-4-2-7-3-5(4)6;5-4(6)1-2-7-3-4;2*5-4-1-2-6-3-4;5*1-3-2/h2*4-5,7H,2-3H2,1H3;7H,1-3H2;2*4,6H,1-3H2;5*3H2,1-2H3/t4-,5+;4-,5-;;2*4-;;;;;/m01.10...../s1. The number of hydrogen-bond donors (Lipinski definition) is 5. The van der Waals surface area contributed by atoms with Crippen molar-refractivity contribution in [2.24, 2.45) is 11.8 Å². The molecule has 5 N–H and O–H groups in total. The average molecular weight is 712 g/mol. The quantitative estimate of drug-likeness (QED) is 0.162. The summed E-state index contributed by atoms with van der Waals surface area (Å²) in [4.78, 5) is 0. The first-order valence-corrected chi connectivity index (χ1v) is 19.2. The van der Waals surface area contributed by atoms with Crippen LogP contribution in [0.25, 0.3) is 0 Å². The van der Waals surface area contributed by atoms with Crippen molar-refractivity contribution in [3.05, 3.63) is 0 Å². The molecule has 298 valence electrons. The lowest BCUT2D eigenvalue weighted by Gasteiger charge is -2.02. The van der Waals surface area contributed by atoms with Gasteiger partial charge in [0.05, 0.1) is 6.54 Å². The van der Waals surface area contributed by atoms with Gasteiger partial charge in [-0.2, -0.15) is 0 Å². The fraction of sp³-hybridized carbons (Fsp3) is 1.00. The Bertz CT molecular complexity index is 487. The third kappa shape index (κ3) is 49.8. The van der Waals surface area contributed by atoms with E-state index in [0.717, 1.165) is 26.2 Å². The van der Waals surface area contributed by atoms with Gasteiger partial charge in [-0.15, -0.1) is 0 Å². The normalized spacial score (nSPS) is 26.9. The molecule has 0 radical (unpaired) electrons. The van der Waals surface area contributed by atoms with Gasteiger partial charge < -0.3 is 26.6 Å². The van der Waals surface area contributed by atoms with Gasteiger partial charge in [-0.05, 0) is 25.9 Å². The van der Waals surface area contributed by atoms with Crippen molar-refractivity contribution in [1.82, 2.24) is 26.6 Å². The van der Waals surface area contributed by atoms with E-state index in [1.54, 1.807) is 0 Å². The lowest BCUT2D eigenvalue weighted by molar-refractivity contribution is 0.0238. The zero-order chi connectivity index (χ0) is 38.2. The molecule has 0 aromatic heterocycles. The molecule has 5 aliphatic rings. The second-order valence-corrected chi connectivity index (χ2v) is 12.8. The molecule has 0 bridgehead atoms. The second kappa shape index (κ2) is 44.4. The highest BCUT2D eigenvalue weighted by Gasteiger charge is 2.32. The van der Waals surface area contributed by atoms with E-state index in [2.05, 4.69) is 95.8 Å². The molecule has 0 aromatic rings. The van der Waals surface area contributed by atoms with Crippen molar-refractivity contribution >= 4 is 0 Å². The van der Waals surface area contributed by atoms with E-state index in [1.807, 2.05) is 13.8 Å². The molecule has 5 saturated heterocycles. The molecule has 5 aliphatic heterocycles. The van der Waals surface area contributed by atoms with Gasteiger partial charge in [0.1, 0.15) is 24.7 Å². The van der Waals surface area contributed by atoms with Crippen LogP contribution in [0, 0.1) is 11.8 Å². The maximum absolute atomic E-state index is 12.3. The molecule has 5 heterocycles. The molecular formula is C37H83F6N5. The minimum absolute atomic E-state index is 0.00694. The van der Waals surface area contributed by atoms with E-state index in [4.69, 9.17) is 0 Å². The SMILES string of the molecule is CCC.CCC.CCC.CCC.CCC.C[C@@H]1CNC[C@H]1F.C[C@H]1CNC[C@H]1F.FC1(F)CCNC1.F[C@@H]1CCNC1.F[C@H]1CCNC1. The van der Waals surface area contributed by atoms with Gasteiger partial charge in [0, 0.05) is 64.1 Å². The van der Waals surface area contributed by atoms with Crippen LogP contribution in [0.2, 0.25) is 0 Å². The number of nitrogens with one attached hydrogen (secondary N) is 5. The van der Waals surface area contributed by atoms with Gasteiger partial charge >= 0.3 is 0 Å². The highest BCUT2D eigenvalue weighted by atomic mass is 19.3. The van der Waals surface area contributed by atoms with E-state index in [9.17, 15) is 26.3 Å². The minimum atomic E-state index is -2.42. The third-order valence-corrected chi connectivity index (χ3v) is 5.90. The van der Waals surface area contributed by atoms with Crippen LogP contribution in [0.3, 0.4) is 0 Å².